The SMILES string of the molecule is O=c1[nH]nc([C@@H]2CCCNC2)o1. The highest BCUT2D eigenvalue weighted by atomic mass is 16.4. The van der Waals surface area contributed by atoms with Crippen molar-refractivity contribution in [2.24, 2.45) is 0 Å². The fourth-order valence-corrected chi connectivity index (χ4v) is 1.48. The highest BCUT2D eigenvalue weighted by Crippen LogP contribution is 2.19. The van der Waals surface area contributed by atoms with E-state index in [0.29, 0.717) is 5.89 Å². The van der Waals surface area contributed by atoms with E-state index in [1.807, 2.05) is 0 Å². The summed E-state index contributed by atoms with van der Waals surface area (Å²) in [5, 5.41) is 9.29. The van der Waals surface area contributed by atoms with Gasteiger partial charge in [-0.25, -0.2) is 9.89 Å². The molecule has 0 bridgehead atoms. The lowest BCUT2D eigenvalue weighted by atomic mass is 10.00. The zero-order chi connectivity index (χ0) is 8.39. The number of hydrogen-bond donors (Lipinski definition) is 2. The minimum atomic E-state index is -0.462. The predicted octanol–water partition coefficient (Wildman–Crippen LogP) is -0.170. The average molecular weight is 169 g/mol. The summed E-state index contributed by atoms with van der Waals surface area (Å²) in [7, 11) is 0. The molecule has 0 amide bonds. The Morgan fingerprint density at radius 2 is 2.50 bits per heavy atom. The van der Waals surface area contributed by atoms with E-state index in [1.54, 1.807) is 0 Å². The number of H-pyrrole nitrogens is 1. The molecule has 0 aliphatic carbocycles. The zero-order valence-corrected chi connectivity index (χ0v) is 6.67. The molecule has 5 heteroatoms. The summed E-state index contributed by atoms with van der Waals surface area (Å²) < 4.78 is 4.86. The smallest absolute Gasteiger partial charge is 0.392 e. The second-order valence-corrected chi connectivity index (χ2v) is 2.99. The quantitative estimate of drug-likeness (QED) is 0.612. The lowest BCUT2D eigenvalue weighted by molar-refractivity contribution is 0.366. The molecule has 0 radical (unpaired) electrons. The van der Waals surface area contributed by atoms with Crippen LogP contribution < -0.4 is 11.1 Å². The summed E-state index contributed by atoms with van der Waals surface area (Å²) in [6.45, 7) is 1.90. The van der Waals surface area contributed by atoms with Crippen molar-refractivity contribution in [2.45, 2.75) is 18.8 Å². The van der Waals surface area contributed by atoms with Crippen molar-refractivity contribution in [1.29, 1.82) is 0 Å². The first kappa shape index (κ1) is 7.54. The minimum absolute atomic E-state index is 0.262. The van der Waals surface area contributed by atoms with Gasteiger partial charge in [-0.3, -0.25) is 0 Å². The van der Waals surface area contributed by atoms with Crippen LogP contribution in [0.25, 0.3) is 0 Å². The van der Waals surface area contributed by atoms with Crippen LogP contribution in [0.15, 0.2) is 9.21 Å². The van der Waals surface area contributed by atoms with Crippen LogP contribution in [0.3, 0.4) is 0 Å². The maximum absolute atomic E-state index is 10.6. The van der Waals surface area contributed by atoms with Crippen LogP contribution >= 0.6 is 0 Å². The van der Waals surface area contributed by atoms with E-state index < -0.39 is 5.76 Å². The van der Waals surface area contributed by atoms with Crippen molar-refractivity contribution in [3.63, 3.8) is 0 Å². The average Bonchev–Trinajstić information content (AvgIpc) is 2.54. The van der Waals surface area contributed by atoms with Gasteiger partial charge in [-0.15, -0.1) is 5.10 Å². The summed E-state index contributed by atoms with van der Waals surface area (Å²) in [5.74, 6) is 0.334. The first-order valence-electron chi connectivity index (χ1n) is 4.12. The van der Waals surface area contributed by atoms with E-state index in [2.05, 4.69) is 15.5 Å². The van der Waals surface area contributed by atoms with E-state index in [9.17, 15) is 4.79 Å². The Morgan fingerprint density at radius 3 is 3.08 bits per heavy atom. The maximum atomic E-state index is 10.6. The monoisotopic (exact) mass is 169 g/mol. The van der Waals surface area contributed by atoms with E-state index in [-0.39, 0.29) is 5.92 Å². The fourth-order valence-electron chi connectivity index (χ4n) is 1.48. The standard InChI is InChI=1S/C7H11N3O2/c11-7-10-9-6(12-7)5-2-1-3-8-4-5/h5,8H,1-4H2,(H,10,11)/t5-/m1/s1. The molecule has 66 valence electrons. The molecule has 5 nitrogen and oxygen atoms in total. The Balaban J connectivity index is 2.13. The van der Waals surface area contributed by atoms with Crippen molar-refractivity contribution in [2.75, 3.05) is 13.1 Å². The van der Waals surface area contributed by atoms with Gasteiger partial charge in [0.05, 0.1) is 0 Å². The van der Waals surface area contributed by atoms with Crippen LogP contribution in [-0.4, -0.2) is 23.3 Å². The molecule has 1 atom stereocenters. The van der Waals surface area contributed by atoms with E-state index in [1.165, 1.54) is 0 Å². The highest BCUT2D eigenvalue weighted by molar-refractivity contribution is 4.91. The Morgan fingerprint density at radius 1 is 1.58 bits per heavy atom. The van der Waals surface area contributed by atoms with Gasteiger partial charge in [-0.1, -0.05) is 0 Å². The van der Waals surface area contributed by atoms with Crippen molar-refractivity contribution in [3.8, 4) is 0 Å². The van der Waals surface area contributed by atoms with Crippen LogP contribution in [0, 0.1) is 0 Å². The molecule has 2 rings (SSSR count). The molecule has 1 fully saturated rings. The minimum Gasteiger partial charge on any atom is -0.392 e. The molecule has 0 aromatic carbocycles. The molecule has 0 spiro atoms. The lowest BCUT2D eigenvalue weighted by Gasteiger charge is -2.18. The van der Waals surface area contributed by atoms with Gasteiger partial charge in [0.1, 0.15) is 0 Å². The van der Waals surface area contributed by atoms with E-state index >= 15 is 0 Å². The van der Waals surface area contributed by atoms with Crippen LogP contribution in [-0.2, 0) is 0 Å². The molecule has 0 unspecified atom stereocenters. The number of aromatic amines is 1. The molecule has 0 saturated carbocycles. The summed E-state index contributed by atoms with van der Waals surface area (Å²) >= 11 is 0. The first-order valence-corrected chi connectivity index (χ1v) is 4.12. The van der Waals surface area contributed by atoms with Crippen LogP contribution in [0.2, 0.25) is 0 Å². The van der Waals surface area contributed by atoms with Gasteiger partial charge in [0.2, 0.25) is 5.89 Å². The van der Waals surface area contributed by atoms with Gasteiger partial charge in [-0.05, 0) is 19.4 Å². The summed E-state index contributed by atoms with van der Waals surface area (Å²) in [5.41, 5.74) is 0. The molecular weight excluding hydrogens is 158 g/mol. The number of nitrogens with zero attached hydrogens (tertiary/aromatic N) is 1. The molecule has 12 heavy (non-hydrogen) atoms. The van der Waals surface area contributed by atoms with Gasteiger partial charge in [0.25, 0.3) is 0 Å². The third-order valence-corrected chi connectivity index (χ3v) is 2.10. The largest absolute Gasteiger partial charge is 0.434 e. The van der Waals surface area contributed by atoms with Crippen molar-refractivity contribution in [3.05, 3.63) is 16.4 Å². The van der Waals surface area contributed by atoms with Gasteiger partial charge >= 0.3 is 5.76 Å². The summed E-state index contributed by atoms with van der Waals surface area (Å²) in [4.78, 5) is 10.6. The van der Waals surface area contributed by atoms with Crippen LogP contribution in [0.5, 0.6) is 0 Å². The van der Waals surface area contributed by atoms with Crippen LogP contribution in [0.1, 0.15) is 24.7 Å². The molecule has 1 saturated heterocycles. The Bertz CT molecular complexity index is 298. The van der Waals surface area contributed by atoms with Crippen LogP contribution in [0.4, 0.5) is 0 Å². The van der Waals surface area contributed by atoms with Crippen molar-refractivity contribution in [1.82, 2.24) is 15.5 Å². The molecule has 2 heterocycles. The number of hydrogen-bond acceptors (Lipinski definition) is 4. The normalized spacial score (nSPS) is 24.2. The molecule has 1 aromatic rings. The second kappa shape index (κ2) is 3.10. The van der Waals surface area contributed by atoms with E-state index in [4.69, 9.17) is 4.42 Å². The second-order valence-electron chi connectivity index (χ2n) is 2.99. The summed E-state index contributed by atoms with van der Waals surface area (Å²) in [6, 6.07) is 0. The van der Waals surface area contributed by atoms with Crippen molar-refractivity contribution >= 4 is 0 Å². The summed E-state index contributed by atoms with van der Waals surface area (Å²) in [6.07, 6.45) is 2.15. The lowest BCUT2D eigenvalue weighted by Crippen LogP contribution is -2.28. The Labute approximate surface area is 69.2 Å². The van der Waals surface area contributed by atoms with Crippen molar-refractivity contribution < 1.29 is 4.42 Å². The number of piperidine rings is 1. The Hall–Kier alpha value is -1.10. The van der Waals surface area contributed by atoms with E-state index in [0.717, 1.165) is 25.9 Å². The molecule has 1 aliphatic rings. The number of aromatic nitrogens is 2. The highest BCUT2D eigenvalue weighted by Gasteiger charge is 2.19. The molecular formula is C7H11N3O2. The van der Waals surface area contributed by atoms with Gasteiger partial charge in [-0.2, -0.15) is 0 Å². The number of rotatable bonds is 1. The topological polar surface area (TPSA) is 70.9 Å². The first-order chi connectivity index (χ1) is 5.86. The fraction of sp³-hybridized carbons (Fsp3) is 0.714. The maximum Gasteiger partial charge on any atom is 0.434 e. The van der Waals surface area contributed by atoms with Gasteiger partial charge in [0.15, 0.2) is 0 Å². The molecule has 1 aliphatic heterocycles. The van der Waals surface area contributed by atoms with Gasteiger partial charge in [0, 0.05) is 12.5 Å². The molecule has 2 N–H and O–H groups in total. The third-order valence-electron chi connectivity index (χ3n) is 2.10. The predicted molar refractivity (Wildman–Crippen MR) is 42.0 cm³/mol. The van der Waals surface area contributed by atoms with Gasteiger partial charge < -0.3 is 9.73 Å². The Kier molecular flexibility index (Phi) is 1.95. The molecule has 1 aromatic heterocycles. The zero-order valence-electron chi connectivity index (χ0n) is 6.67. The third kappa shape index (κ3) is 1.40. The number of nitrogens with one attached hydrogen (secondary N) is 2.